The molecular formula is C21H35NO6. The van der Waals surface area contributed by atoms with Crippen LogP contribution in [0.2, 0.25) is 0 Å². The Balaban J connectivity index is 1.85. The number of hydrogen-bond acceptors (Lipinski definition) is 6. The Bertz CT molecular complexity index is 501. The summed E-state index contributed by atoms with van der Waals surface area (Å²) in [6.45, 7) is 3.73. The first-order chi connectivity index (χ1) is 13.4. The summed E-state index contributed by atoms with van der Waals surface area (Å²) < 4.78 is 5.10. The fourth-order valence-corrected chi connectivity index (χ4v) is 3.08. The largest absolute Gasteiger partial charge is 0.463 e. The number of unbranched alkanes of at least 4 members (excludes halogenated alkanes) is 9. The molecule has 0 aliphatic carbocycles. The van der Waals surface area contributed by atoms with Crippen molar-refractivity contribution in [3.8, 4) is 0 Å². The fraction of sp³-hybridized carbons (Fsp3) is 0.810. The summed E-state index contributed by atoms with van der Waals surface area (Å²) in [7, 11) is 0. The normalized spacial score (nSPS) is 14.0. The standard InChI is InChI=1S/C21H35NO6/c1-17(2)27-20(25)13-11-9-7-5-3-4-6-8-10-12-14-21(26)28-22-18(23)15-16-19(22)24/h17H,3-16H2,1-2H3. The van der Waals surface area contributed by atoms with E-state index in [1.54, 1.807) is 0 Å². The van der Waals surface area contributed by atoms with E-state index in [9.17, 15) is 19.2 Å². The highest BCUT2D eigenvalue weighted by Crippen LogP contribution is 2.15. The topological polar surface area (TPSA) is 90.0 Å². The second kappa shape index (κ2) is 14.1. The summed E-state index contributed by atoms with van der Waals surface area (Å²) in [6, 6.07) is 0. The van der Waals surface area contributed by atoms with E-state index in [4.69, 9.17) is 9.57 Å². The molecule has 7 heteroatoms. The average molecular weight is 398 g/mol. The number of carbonyl (C=O) groups excluding carboxylic acids is 4. The zero-order chi connectivity index (χ0) is 20.8. The Morgan fingerprint density at radius 1 is 0.750 bits per heavy atom. The number of esters is 1. The molecule has 0 radical (unpaired) electrons. The summed E-state index contributed by atoms with van der Waals surface area (Å²) in [4.78, 5) is 50.6. The lowest BCUT2D eigenvalue weighted by Gasteiger charge is -2.12. The second-order valence-electron chi connectivity index (χ2n) is 7.62. The zero-order valence-electron chi connectivity index (χ0n) is 17.4. The first kappa shape index (κ1) is 24.1. The zero-order valence-corrected chi connectivity index (χ0v) is 17.4. The van der Waals surface area contributed by atoms with Crippen LogP contribution < -0.4 is 0 Å². The van der Waals surface area contributed by atoms with E-state index in [0.29, 0.717) is 17.9 Å². The molecule has 160 valence electrons. The molecule has 0 aromatic heterocycles. The van der Waals surface area contributed by atoms with Gasteiger partial charge in [-0.05, 0) is 26.7 Å². The number of imide groups is 1. The van der Waals surface area contributed by atoms with Crippen molar-refractivity contribution in [2.24, 2.45) is 0 Å². The fourth-order valence-electron chi connectivity index (χ4n) is 3.08. The van der Waals surface area contributed by atoms with Crippen LogP contribution in [0.15, 0.2) is 0 Å². The lowest BCUT2D eigenvalue weighted by molar-refractivity contribution is -0.197. The van der Waals surface area contributed by atoms with Crippen LogP contribution in [0.4, 0.5) is 0 Å². The number of carbonyl (C=O) groups is 4. The minimum Gasteiger partial charge on any atom is -0.463 e. The van der Waals surface area contributed by atoms with E-state index in [-0.39, 0.29) is 31.3 Å². The quantitative estimate of drug-likeness (QED) is 0.233. The molecule has 0 atom stereocenters. The molecule has 1 heterocycles. The molecule has 0 aromatic rings. The third-order valence-electron chi connectivity index (χ3n) is 4.58. The second-order valence-corrected chi connectivity index (χ2v) is 7.62. The summed E-state index contributed by atoms with van der Waals surface area (Å²) in [5.41, 5.74) is 0. The maximum Gasteiger partial charge on any atom is 0.333 e. The van der Waals surface area contributed by atoms with Crippen molar-refractivity contribution in [2.75, 3.05) is 0 Å². The van der Waals surface area contributed by atoms with Crippen LogP contribution in [-0.4, -0.2) is 34.9 Å². The van der Waals surface area contributed by atoms with Crippen LogP contribution in [0.1, 0.15) is 104 Å². The van der Waals surface area contributed by atoms with Crippen LogP contribution in [0, 0.1) is 0 Å². The summed E-state index contributed by atoms with van der Waals surface area (Å²) in [6.07, 6.45) is 11.5. The van der Waals surface area contributed by atoms with Crippen molar-refractivity contribution < 1.29 is 28.8 Å². The Morgan fingerprint density at radius 2 is 1.14 bits per heavy atom. The van der Waals surface area contributed by atoms with Crippen LogP contribution in [0.3, 0.4) is 0 Å². The van der Waals surface area contributed by atoms with Crippen LogP contribution >= 0.6 is 0 Å². The Morgan fingerprint density at radius 3 is 1.57 bits per heavy atom. The SMILES string of the molecule is CC(C)OC(=O)CCCCCCCCCCCCC(=O)ON1C(=O)CCC1=O. The number of ether oxygens (including phenoxy) is 1. The number of rotatable bonds is 15. The van der Waals surface area contributed by atoms with Crippen molar-refractivity contribution >= 4 is 23.8 Å². The van der Waals surface area contributed by atoms with Crippen molar-refractivity contribution in [1.29, 1.82) is 0 Å². The van der Waals surface area contributed by atoms with Gasteiger partial charge in [0.15, 0.2) is 0 Å². The Hall–Kier alpha value is -1.92. The molecule has 0 saturated carbocycles. The van der Waals surface area contributed by atoms with Crippen molar-refractivity contribution in [2.45, 2.75) is 110 Å². The Labute approximate surface area is 168 Å². The molecule has 1 saturated heterocycles. The van der Waals surface area contributed by atoms with Gasteiger partial charge in [-0.15, -0.1) is 5.06 Å². The molecule has 1 aliphatic heterocycles. The molecule has 0 bridgehead atoms. The lowest BCUT2D eigenvalue weighted by atomic mass is 10.1. The van der Waals surface area contributed by atoms with Gasteiger partial charge < -0.3 is 9.57 Å². The van der Waals surface area contributed by atoms with Gasteiger partial charge in [0.25, 0.3) is 11.8 Å². The molecule has 7 nitrogen and oxygen atoms in total. The molecule has 2 amide bonds. The van der Waals surface area contributed by atoms with Gasteiger partial charge in [-0.2, -0.15) is 0 Å². The first-order valence-corrected chi connectivity index (χ1v) is 10.7. The van der Waals surface area contributed by atoms with Crippen LogP contribution in [0.25, 0.3) is 0 Å². The lowest BCUT2D eigenvalue weighted by Crippen LogP contribution is -2.31. The molecular weight excluding hydrogens is 362 g/mol. The smallest absolute Gasteiger partial charge is 0.333 e. The van der Waals surface area contributed by atoms with E-state index in [0.717, 1.165) is 38.5 Å². The highest BCUT2D eigenvalue weighted by molar-refractivity contribution is 6.01. The molecule has 0 unspecified atom stereocenters. The molecule has 0 aromatic carbocycles. The molecule has 0 spiro atoms. The van der Waals surface area contributed by atoms with Gasteiger partial charge in [-0.25, -0.2) is 4.79 Å². The van der Waals surface area contributed by atoms with Gasteiger partial charge in [0.1, 0.15) is 0 Å². The highest BCUT2D eigenvalue weighted by Gasteiger charge is 2.32. The minimum absolute atomic E-state index is 0.0309. The van der Waals surface area contributed by atoms with Gasteiger partial charge in [-0.3, -0.25) is 14.4 Å². The first-order valence-electron chi connectivity index (χ1n) is 10.7. The summed E-state index contributed by atoms with van der Waals surface area (Å²) in [5, 5.41) is 0.607. The predicted octanol–water partition coefficient (Wildman–Crippen LogP) is 4.23. The van der Waals surface area contributed by atoms with Crippen molar-refractivity contribution in [3.63, 3.8) is 0 Å². The van der Waals surface area contributed by atoms with Gasteiger partial charge in [0, 0.05) is 25.7 Å². The van der Waals surface area contributed by atoms with Gasteiger partial charge in [-0.1, -0.05) is 51.4 Å². The van der Waals surface area contributed by atoms with E-state index >= 15 is 0 Å². The van der Waals surface area contributed by atoms with Gasteiger partial charge >= 0.3 is 11.9 Å². The molecule has 0 N–H and O–H groups in total. The molecule has 1 fully saturated rings. The van der Waals surface area contributed by atoms with Crippen LogP contribution in [0.5, 0.6) is 0 Å². The van der Waals surface area contributed by atoms with E-state index < -0.39 is 17.8 Å². The molecule has 28 heavy (non-hydrogen) atoms. The maximum atomic E-state index is 11.6. The van der Waals surface area contributed by atoms with E-state index in [2.05, 4.69) is 0 Å². The number of hydrogen-bond donors (Lipinski definition) is 0. The Kier molecular flexibility index (Phi) is 12.2. The summed E-state index contributed by atoms with van der Waals surface area (Å²) >= 11 is 0. The summed E-state index contributed by atoms with van der Waals surface area (Å²) in [5.74, 6) is -1.49. The predicted molar refractivity (Wildman–Crippen MR) is 104 cm³/mol. The van der Waals surface area contributed by atoms with Crippen LogP contribution in [-0.2, 0) is 28.8 Å². The maximum absolute atomic E-state index is 11.6. The number of nitrogens with zero attached hydrogens (tertiary/aromatic N) is 1. The third kappa shape index (κ3) is 11.0. The van der Waals surface area contributed by atoms with Crippen molar-refractivity contribution in [3.05, 3.63) is 0 Å². The van der Waals surface area contributed by atoms with Gasteiger partial charge in [0.05, 0.1) is 6.10 Å². The van der Waals surface area contributed by atoms with E-state index in [1.165, 1.54) is 19.3 Å². The molecule has 1 rings (SSSR count). The van der Waals surface area contributed by atoms with Crippen molar-refractivity contribution in [1.82, 2.24) is 5.06 Å². The average Bonchev–Trinajstić information content (AvgIpc) is 2.94. The van der Waals surface area contributed by atoms with Gasteiger partial charge in [0.2, 0.25) is 0 Å². The monoisotopic (exact) mass is 397 g/mol. The highest BCUT2D eigenvalue weighted by atomic mass is 16.7. The molecule has 1 aliphatic rings. The number of amides is 2. The number of hydroxylamine groups is 2. The minimum atomic E-state index is -0.513. The third-order valence-corrected chi connectivity index (χ3v) is 4.58. The van der Waals surface area contributed by atoms with E-state index in [1.807, 2.05) is 13.8 Å².